The Bertz CT molecular complexity index is 573. The third-order valence-corrected chi connectivity index (χ3v) is 4.40. The number of nitrogens with zero attached hydrogens (tertiary/aromatic N) is 2. The van der Waals surface area contributed by atoms with Crippen molar-refractivity contribution >= 4 is 16.7 Å². The Balaban J connectivity index is 1.87. The first-order valence-electron chi connectivity index (χ1n) is 7.66. The maximum atomic E-state index is 6.02. The molecule has 0 atom stereocenters. The maximum absolute atomic E-state index is 6.02. The lowest BCUT2D eigenvalue weighted by Crippen LogP contribution is -2.41. The molecule has 20 heavy (non-hydrogen) atoms. The van der Waals surface area contributed by atoms with Gasteiger partial charge in [-0.05, 0) is 50.8 Å². The van der Waals surface area contributed by atoms with Gasteiger partial charge in [0.2, 0.25) is 0 Å². The van der Waals surface area contributed by atoms with Crippen LogP contribution in [0.25, 0.3) is 10.9 Å². The second-order valence-electron chi connectivity index (χ2n) is 5.72. The van der Waals surface area contributed by atoms with Gasteiger partial charge in [0, 0.05) is 24.0 Å². The summed E-state index contributed by atoms with van der Waals surface area (Å²) < 4.78 is 0. The van der Waals surface area contributed by atoms with E-state index in [-0.39, 0.29) is 0 Å². The predicted octanol–water partition coefficient (Wildman–Crippen LogP) is 3.33. The molecule has 3 heteroatoms. The van der Waals surface area contributed by atoms with Crippen LogP contribution in [0.15, 0.2) is 36.4 Å². The summed E-state index contributed by atoms with van der Waals surface area (Å²) in [6, 6.07) is 13.6. The van der Waals surface area contributed by atoms with Crippen LogP contribution in [0.4, 0.5) is 5.82 Å². The summed E-state index contributed by atoms with van der Waals surface area (Å²) in [5, 5.41) is 1.21. The largest absolute Gasteiger partial charge is 0.354 e. The molecule has 3 nitrogen and oxygen atoms in total. The lowest BCUT2D eigenvalue weighted by Gasteiger charge is -2.36. The number of benzene rings is 1. The first-order valence-corrected chi connectivity index (χ1v) is 7.66. The molecule has 1 heterocycles. The average Bonchev–Trinajstić information content (AvgIpc) is 2.50. The molecule has 0 spiro atoms. The van der Waals surface area contributed by atoms with Crippen molar-refractivity contribution in [1.82, 2.24) is 4.98 Å². The Hall–Kier alpha value is -1.61. The fraction of sp³-hybridized carbons (Fsp3) is 0.471. The quantitative estimate of drug-likeness (QED) is 0.929. The summed E-state index contributed by atoms with van der Waals surface area (Å²) in [5.74, 6) is 1.10. The van der Waals surface area contributed by atoms with E-state index in [4.69, 9.17) is 10.7 Å². The van der Waals surface area contributed by atoms with E-state index in [1.54, 1.807) is 0 Å². The number of pyridine rings is 1. The molecular weight excluding hydrogens is 246 g/mol. The van der Waals surface area contributed by atoms with E-state index in [9.17, 15) is 0 Å². The second-order valence-corrected chi connectivity index (χ2v) is 5.72. The summed E-state index contributed by atoms with van der Waals surface area (Å²) in [7, 11) is 0. The smallest absolute Gasteiger partial charge is 0.129 e. The number of hydrogen-bond donors (Lipinski definition) is 1. The number of rotatable bonds is 3. The Kier molecular flexibility index (Phi) is 3.88. The van der Waals surface area contributed by atoms with E-state index in [1.807, 2.05) is 0 Å². The molecule has 0 bridgehead atoms. The third-order valence-electron chi connectivity index (χ3n) is 4.40. The van der Waals surface area contributed by atoms with Gasteiger partial charge in [0.1, 0.15) is 5.82 Å². The maximum Gasteiger partial charge on any atom is 0.129 e. The topological polar surface area (TPSA) is 42.2 Å². The number of nitrogens with two attached hydrogens (primary N) is 1. The number of fused-ring (bicyclic) bond motifs is 1. The van der Waals surface area contributed by atoms with Gasteiger partial charge in [-0.25, -0.2) is 4.98 Å². The Morgan fingerprint density at radius 3 is 2.60 bits per heavy atom. The number of para-hydroxylation sites is 1. The van der Waals surface area contributed by atoms with Gasteiger partial charge in [-0.2, -0.15) is 0 Å². The van der Waals surface area contributed by atoms with Crippen molar-refractivity contribution in [3.63, 3.8) is 0 Å². The zero-order valence-corrected chi connectivity index (χ0v) is 12.1. The third kappa shape index (κ3) is 2.63. The number of hydrogen-bond acceptors (Lipinski definition) is 3. The highest BCUT2D eigenvalue weighted by Crippen LogP contribution is 2.27. The standard InChI is InChI=1S/C17H23N3/c1-2-20(15-10-8-14(18)9-11-15)17-12-7-13-5-3-4-6-16(13)19-17/h3-7,12,14-15H,2,8-11,18H2,1H3. The van der Waals surface area contributed by atoms with Crippen molar-refractivity contribution in [2.24, 2.45) is 5.73 Å². The Morgan fingerprint density at radius 1 is 1.10 bits per heavy atom. The van der Waals surface area contributed by atoms with Gasteiger partial charge in [-0.1, -0.05) is 18.2 Å². The summed E-state index contributed by atoms with van der Waals surface area (Å²) in [6.45, 7) is 3.22. The molecule has 106 valence electrons. The van der Waals surface area contributed by atoms with Crippen LogP contribution in [0, 0.1) is 0 Å². The Morgan fingerprint density at radius 2 is 1.85 bits per heavy atom. The van der Waals surface area contributed by atoms with Gasteiger partial charge < -0.3 is 10.6 Å². The van der Waals surface area contributed by atoms with Crippen LogP contribution < -0.4 is 10.6 Å². The van der Waals surface area contributed by atoms with Gasteiger partial charge in [-0.15, -0.1) is 0 Å². The molecule has 0 unspecified atom stereocenters. The molecule has 3 rings (SSSR count). The first kappa shape index (κ1) is 13.4. The van der Waals surface area contributed by atoms with E-state index in [0.29, 0.717) is 12.1 Å². The number of anilines is 1. The molecular formula is C17H23N3. The van der Waals surface area contributed by atoms with Crippen LogP contribution >= 0.6 is 0 Å². The van der Waals surface area contributed by atoms with Crippen molar-refractivity contribution in [1.29, 1.82) is 0 Å². The van der Waals surface area contributed by atoms with Crippen LogP contribution in [-0.4, -0.2) is 23.6 Å². The minimum absolute atomic E-state index is 0.398. The van der Waals surface area contributed by atoms with Crippen molar-refractivity contribution in [2.45, 2.75) is 44.7 Å². The molecule has 1 aromatic carbocycles. The van der Waals surface area contributed by atoms with Crippen LogP contribution in [-0.2, 0) is 0 Å². The lowest BCUT2D eigenvalue weighted by molar-refractivity contribution is 0.377. The van der Waals surface area contributed by atoms with E-state index in [2.05, 4.69) is 48.2 Å². The van der Waals surface area contributed by atoms with Gasteiger partial charge in [0.15, 0.2) is 0 Å². The molecule has 2 aromatic rings. The molecule has 2 N–H and O–H groups in total. The van der Waals surface area contributed by atoms with Gasteiger partial charge in [-0.3, -0.25) is 0 Å². The molecule has 1 saturated carbocycles. The second kappa shape index (κ2) is 5.80. The van der Waals surface area contributed by atoms with Crippen molar-refractivity contribution in [2.75, 3.05) is 11.4 Å². The van der Waals surface area contributed by atoms with Crippen LogP contribution in [0.5, 0.6) is 0 Å². The fourth-order valence-corrected chi connectivity index (χ4v) is 3.24. The van der Waals surface area contributed by atoms with E-state index in [1.165, 1.54) is 18.2 Å². The molecule has 0 amide bonds. The molecule has 1 fully saturated rings. The highest BCUT2D eigenvalue weighted by atomic mass is 15.2. The van der Waals surface area contributed by atoms with Gasteiger partial charge in [0.25, 0.3) is 0 Å². The summed E-state index contributed by atoms with van der Waals surface area (Å²) in [4.78, 5) is 7.28. The molecule has 1 aliphatic rings. The van der Waals surface area contributed by atoms with Gasteiger partial charge >= 0.3 is 0 Å². The summed E-state index contributed by atoms with van der Waals surface area (Å²) in [6.07, 6.45) is 4.64. The minimum Gasteiger partial charge on any atom is -0.354 e. The fourth-order valence-electron chi connectivity index (χ4n) is 3.24. The van der Waals surface area contributed by atoms with Crippen LogP contribution in [0.3, 0.4) is 0 Å². The normalized spacial score (nSPS) is 22.9. The van der Waals surface area contributed by atoms with Crippen molar-refractivity contribution in [3.05, 3.63) is 36.4 Å². The molecule has 1 aromatic heterocycles. The minimum atomic E-state index is 0.398. The van der Waals surface area contributed by atoms with E-state index < -0.39 is 0 Å². The van der Waals surface area contributed by atoms with Crippen LogP contribution in [0.2, 0.25) is 0 Å². The molecule has 0 radical (unpaired) electrons. The van der Waals surface area contributed by atoms with Crippen molar-refractivity contribution < 1.29 is 0 Å². The van der Waals surface area contributed by atoms with Gasteiger partial charge in [0.05, 0.1) is 5.52 Å². The zero-order valence-electron chi connectivity index (χ0n) is 12.1. The summed E-state index contributed by atoms with van der Waals surface area (Å²) in [5.41, 5.74) is 7.10. The average molecular weight is 269 g/mol. The Labute approximate surface area is 120 Å². The molecule has 1 aliphatic carbocycles. The lowest BCUT2D eigenvalue weighted by atomic mass is 9.90. The highest BCUT2D eigenvalue weighted by molar-refractivity contribution is 5.80. The first-order chi connectivity index (χ1) is 9.78. The van der Waals surface area contributed by atoms with Crippen LogP contribution in [0.1, 0.15) is 32.6 Å². The summed E-state index contributed by atoms with van der Waals surface area (Å²) >= 11 is 0. The number of aromatic nitrogens is 1. The predicted molar refractivity (Wildman–Crippen MR) is 85.0 cm³/mol. The van der Waals surface area contributed by atoms with E-state index >= 15 is 0 Å². The molecule has 0 saturated heterocycles. The molecule has 0 aliphatic heterocycles. The monoisotopic (exact) mass is 269 g/mol. The van der Waals surface area contributed by atoms with Crippen molar-refractivity contribution in [3.8, 4) is 0 Å². The SMILES string of the molecule is CCN(c1ccc2ccccc2n1)C1CCC(N)CC1. The highest BCUT2D eigenvalue weighted by Gasteiger charge is 2.24. The zero-order chi connectivity index (χ0) is 13.9. The van der Waals surface area contributed by atoms with E-state index in [0.717, 1.165) is 30.7 Å².